The minimum atomic E-state index is -0.586. The molecule has 9 nitrogen and oxygen atoms in total. The molecular weight excluding hydrogens is 466 g/mol. The highest BCUT2D eigenvalue weighted by Crippen LogP contribution is 2.44. The smallest absolute Gasteiger partial charge is 0.411 e. The van der Waals surface area contributed by atoms with E-state index in [0.717, 1.165) is 49.2 Å². The molecule has 182 valence electrons. The van der Waals surface area contributed by atoms with E-state index in [-0.39, 0.29) is 11.5 Å². The van der Waals surface area contributed by atoms with Gasteiger partial charge >= 0.3 is 6.09 Å². The summed E-state index contributed by atoms with van der Waals surface area (Å²) in [6, 6.07) is 11.8. The second-order valence-corrected chi connectivity index (χ2v) is 11.2. The maximum Gasteiger partial charge on any atom is 0.411 e. The molecule has 3 aromatic rings. The molecule has 1 spiro atoms. The number of pyridine rings is 1. The Morgan fingerprint density at radius 2 is 1.80 bits per heavy atom. The van der Waals surface area contributed by atoms with Crippen molar-refractivity contribution < 1.29 is 9.53 Å². The maximum atomic E-state index is 13.0. The van der Waals surface area contributed by atoms with Crippen molar-refractivity contribution in [2.24, 2.45) is 5.41 Å². The van der Waals surface area contributed by atoms with Gasteiger partial charge in [-0.05, 0) is 56.7 Å². The lowest BCUT2D eigenvalue weighted by atomic mass is 9.73. The second-order valence-electron chi connectivity index (χ2n) is 10.8. The van der Waals surface area contributed by atoms with Gasteiger partial charge in [-0.25, -0.2) is 9.78 Å². The first-order valence-corrected chi connectivity index (χ1v) is 12.2. The first kappa shape index (κ1) is 22.2. The van der Waals surface area contributed by atoms with Crippen molar-refractivity contribution in [3.05, 3.63) is 59.0 Å². The van der Waals surface area contributed by atoms with E-state index in [4.69, 9.17) is 16.3 Å². The molecule has 5 heterocycles. The molecule has 35 heavy (non-hydrogen) atoms. The van der Waals surface area contributed by atoms with Crippen LogP contribution in [0.5, 0.6) is 0 Å². The molecular formula is C25H28ClN7O2. The lowest BCUT2D eigenvalue weighted by Crippen LogP contribution is -2.73. The van der Waals surface area contributed by atoms with Crippen molar-refractivity contribution in [2.45, 2.75) is 39.5 Å². The van der Waals surface area contributed by atoms with Crippen molar-refractivity contribution in [1.29, 1.82) is 0 Å². The number of amides is 1. The fraction of sp³-hybridized carbons (Fsp3) is 0.440. The fourth-order valence-corrected chi connectivity index (χ4v) is 5.41. The molecule has 2 fully saturated rings. The van der Waals surface area contributed by atoms with Crippen LogP contribution in [0.2, 0.25) is 5.02 Å². The average molecular weight is 494 g/mol. The molecule has 2 aromatic heterocycles. The number of fused-ring (bicyclic) bond motifs is 3. The number of carbonyl (C=O) groups excluding carboxylic acids is 1. The molecule has 0 aliphatic carbocycles. The predicted molar refractivity (Wildman–Crippen MR) is 133 cm³/mol. The van der Waals surface area contributed by atoms with Crippen molar-refractivity contribution in [3.63, 3.8) is 0 Å². The topological polar surface area (TPSA) is 79.6 Å². The number of rotatable bonds is 2. The van der Waals surface area contributed by atoms with Gasteiger partial charge in [-0.2, -0.15) is 0 Å². The van der Waals surface area contributed by atoms with Crippen LogP contribution in [0, 0.1) is 5.41 Å². The number of benzene rings is 1. The molecule has 2 saturated heterocycles. The van der Waals surface area contributed by atoms with Crippen LogP contribution in [0.4, 0.5) is 16.6 Å². The van der Waals surface area contributed by atoms with Crippen molar-refractivity contribution >= 4 is 29.5 Å². The highest BCUT2D eigenvalue weighted by atomic mass is 35.5. The maximum absolute atomic E-state index is 13.0. The molecule has 0 bridgehead atoms. The van der Waals surface area contributed by atoms with Crippen LogP contribution in [0.1, 0.15) is 32.2 Å². The van der Waals surface area contributed by atoms with Gasteiger partial charge in [0, 0.05) is 42.8 Å². The van der Waals surface area contributed by atoms with Gasteiger partial charge in [0.25, 0.3) is 0 Å². The predicted octanol–water partition coefficient (Wildman–Crippen LogP) is 3.89. The Hall–Kier alpha value is -3.33. The van der Waals surface area contributed by atoms with Crippen LogP contribution in [0.3, 0.4) is 0 Å². The van der Waals surface area contributed by atoms with Gasteiger partial charge in [-0.15, -0.1) is 10.2 Å². The number of ether oxygens (including phenoxy) is 1. The second kappa shape index (κ2) is 7.84. The van der Waals surface area contributed by atoms with E-state index in [1.807, 2.05) is 57.3 Å². The van der Waals surface area contributed by atoms with Gasteiger partial charge in [0.05, 0.1) is 18.8 Å². The molecule has 1 amide bonds. The Morgan fingerprint density at radius 3 is 2.51 bits per heavy atom. The summed E-state index contributed by atoms with van der Waals surface area (Å²) >= 11 is 6.34. The third kappa shape index (κ3) is 3.97. The van der Waals surface area contributed by atoms with Crippen molar-refractivity contribution in [1.82, 2.24) is 24.6 Å². The zero-order valence-corrected chi connectivity index (χ0v) is 20.9. The van der Waals surface area contributed by atoms with E-state index in [1.54, 1.807) is 4.90 Å². The van der Waals surface area contributed by atoms with Crippen molar-refractivity contribution in [3.8, 4) is 5.69 Å². The molecule has 10 heteroatoms. The van der Waals surface area contributed by atoms with E-state index in [0.29, 0.717) is 23.9 Å². The fourth-order valence-electron chi connectivity index (χ4n) is 5.22. The lowest BCUT2D eigenvalue weighted by Gasteiger charge is -2.60. The Kier molecular flexibility index (Phi) is 4.96. The Morgan fingerprint density at radius 1 is 1.03 bits per heavy atom. The van der Waals surface area contributed by atoms with Crippen LogP contribution in [-0.4, -0.2) is 62.5 Å². The van der Waals surface area contributed by atoms with Gasteiger partial charge < -0.3 is 14.5 Å². The van der Waals surface area contributed by atoms with E-state index < -0.39 is 5.60 Å². The monoisotopic (exact) mass is 493 g/mol. The van der Waals surface area contributed by atoms with E-state index in [9.17, 15) is 4.79 Å². The van der Waals surface area contributed by atoms with Gasteiger partial charge in [0.1, 0.15) is 11.4 Å². The van der Waals surface area contributed by atoms with Gasteiger partial charge in [-0.1, -0.05) is 17.7 Å². The minimum Gasteiger partial charge on any atom is -0.444 e. The lowest BCUT2D eigenvalue weighted by molar-refractivity contribution is 0.0214. The quantitative estimate of drug-likeness (QED) is 0.535. The molecule has 0 radical (unpaired) electrons. The van der Waals surface area contributed by atoms with Crippen LogP contribution in [0.15, 0.2) is 42.6 Å². The molecule has 6 rings (SSSR count). The summed E-state index contributed by atoms with van der Waals surface area (Å²) in [7, 11) is 0. The zero-order valence-electron chi connectivity index (χ0n) is 20.1. The molecule has 0 atom stereocenters. The molecule has 0 saturated carbocycles. The highest BCUT2D eigenvalue weighted by molar-refractivity contribution is 6.30. The largest absolute Gasteiger partial charge is 0.444 e. The summed E-state index contributed by atoms with van der Waals surface area (Å²) < 4.78 is 7.72. The Labute approximate surface area is 209 Å². The molecule has 3 aliphatic rings. The summed E-state index contributed by atoms with van der Waals surface area (Å²) in [4.78, 5) is 23.7. The van der Waals surface area contributed by atoms with Gasteiger partial charge in [0.2, 0.25) is 5.95 Å². The first-order valence-electron chi connectivity index (χ1n) is 11.8. The molecule has 1 aromatic carbocycles. The number of hydrogen-bond donors (Lipinski definition) is 0. The first-order chi connectivity index (χ1) is 16.7. The van der Waals surface area contributed by atoms with Gasteiger partial charge in [0.15, 0.2) is 5.82 Å². The third-order valence-corrected chi connectivity index (χ3v) is 6.94. The van der Waals surface area contributed by atoms with E-state index >= 15 is 0 Å². The summed E-state index contributed by atoms with van der Waals surface area (Å²) in [5, 5.41) is 9.67. The summed E-state index contributed by atoms with van der Waals surface area (Å²) in [6.45, 7) is 10.1. The van der Waals surface area contributed by atoms with Gasteiger partial charge in [-0.3, -0.25) is 9.47 Å². The molecule has 0 unspecified atom stereocenters. The van der Waals surface area contributed by atoms with Crippen LogP contribution >= 0.6 is 11.6 Å². The minimum absolute atomic E-state index is 0.250. The summed E-state index contributed by atoms with van der Waals surface area (Å²) in [5.41, 5.74) is 1.54. The number of aromatic nitrogens is 4. The van der Waals surface area contributed by atoms with E-state index in [1.165, 1.54) is 0 Å². The van der Waals surface area contributed by atoms with Crippen LogP contribution in [-0.2, 0) is 17.8 Å². The Balaban J connectivity index is 1.25. The van der Waals surface area contributed by atoms with E-state index in [2.05, 4.69) is 35.6 Å². The highest BCUT2D eigenvalue weighted by Gasteiger charge is 2.53. The molecule has 0 N–H and O–H groups in total. The number of carbonyl (C=O) groups is 1. The SMILES string of the molecule is CC(C)(C)OC(=O)N1Cc2cc(Cl)ccc2-n2c(nnc2N2CC3(CN(c4ccccn4)C3)C2)C1. The number of hydrogen-bond acceptors (Lipinski definition) is 7. The number of anilines is 2. The van der Waals surface area contributed by atoms with Crippen molar-refractivity contribution in [2.75, 3.05) is 36.0 Å². The van der Waals surface area contributed by atoms with Crippen LogP contribution in [0.25, 0.3) is 5.69 Å². The van der Waals surface area contributed by atoms with Crippen LogP contribution < -0.4 is 9.80 Å². The summed E-state index contributed by atoms with van der Waals surface area (Å²) in [5.74, 6) is 2.54. The zero-order chi connectivity index (χ0) is 24.4. The Bertz CT molecular complexity index is 1270. The number of nitrogens with zero attached hydrogens (tertiary/aromatic N) is 7. The summed E-state index contributed by atoms with van der Waals surface area (Å²) in [6.07, 6.45) is 1.46. The third-order valence-electron chi connectivity index (χ3n) is 6.70. The standard InChI is InChI=1S/C25H28ClN7O2/c1-24(2,3)35-23(34)30-11-17-10-18(26)7-8-19(17)33-21(12-30)28-29-22(33)32-15-25(16-32)13-31(14-25)20-6-4-5-9-27-20/h4-10H,11-16H2,1-3H3. The number of halogens is 1. The normalized spacial score (nSPS) is 18.3. The average Bonchev–Trinajstić information content (AvgIpc) is 3.06. The molecule has 3 aliphatic heterocycles.